The largest absolute Gasteiger partial charge is 0.375 e. The van der Waals surface area contributed by atoms with E-state index in [0.717, 1.165) is 24.4 Å². The van der Waals surface area contributed by atoms with Crippen LogP contribution in [0, 0.1) is 5.82 Å². The van der Waals surface area contributed by atoms with Gasteiger partial charge in [0.05, 0.1) is 0 Å². The SMILES string of the molecule is COCC(=O)N1CCCC(c2nnc(-c3ccccc3F)s2)C1. The van der Waals surface area contributed by atoms with E-state index in [2.05, 4.69) is 10.2 Å². The van der Waals surface area contributed by atoms with E-state index in [1.54, 1.807) is 18.2 Å². The van der Waals surface area contributed by atoms with Crippen molar-refractivity contribution in [3.63, 3.8) is 0 Å². The Labute approximate surface area is 138 Å². The Kier molecular flexibility index (Phi) is 4.97. The van der Waals surface area contributed by atoms with Crippen molar-refractivity contribution < 1.29 is 13.9 Å². The first-order valence-electron chi connectivity index (χ1n) is 7.54. The van der Waals surface area contributed by atoms with Gasteiger partial charge in [0, 0.05) is 31.7 Å². The highest BCUT2D eigenvalue weighted by Gasteiger charge is 2.27. The van der Waals surface area contributed by atoms with Gasteiger partial charge in [0.1, 0.15) is 17.4 Å². The van der Waals surface area contributed by atoms with E-state index in [-0.39, 0.29) is 24.2 Å². The molecule has 1 saturated heterocycles. The van der Waals surface area contributed by atoms with Crippen LogP contribution in [0.15, 0.2) is 24.3 Å². The molecule has 0 spiro atoms. The van der Waals surface area contributed by atoms with E-state index in [9.17, 15) is 9.18 Å². The standard InChI is InChI=1S/C16H18FN3O2S/c1-22-10-14(21)20-8-4-5-11(9-20)15-18-19-16(23-15)12-6-2-3-7-13(12)17/h2-3,6-7,11H,4-5,8-10H2,1H3. The number of aromatic nitrogens is 2. The minimum absolute atomic E-state index is 0.00366. The third-order valence-corrected chi connectivity index (χ3v) is 5.06. The molecular formula is C16H18FN3O2S. The predicted molar refractivity (Wildman–Crippen MR) is 85.7 cm³/mol. The van der Waals surface area contributed by atoms with Crippen LogP contribution in [-0.4, -0.2) is 47.8 Å². The van der Waals surface area contributed by atoms with Crippen molar-refractivity contribution in [3.05, 3.63) is 35.1 Å². The van der Waals surface area contributed by atoms with Crippen molar-refractivity contribution in [3.8, 4) is 10.6 Å². The van der Waals surface area contributed by atoms with Gasteiger partial charge in [0.15, 0.2) is 5.01 Å². The molecule has 1 aliphatic rings. The summed E-state index contributed by atoms with van der Waals surface area (Å²) in [6, 6.07) is 6.56. The lowest BCUT2D eigenvalue weighted by molar-refractivity contribution is -0.136. The van der Waals surface area contributed by atoms with Crippen molar-refractivity contribution in [1.82, 2.24) is 15.1 Å². The molecule has 0 aliphatic carbocycles. The molecule has 7 heteroatoms. The average molecular weight is 335 g/mol. The zero-order chi connectivity index (χ0) is 16.2. The summed E-state index contributed by atoms with van der Waals surface area (Å²) >= 11 is 1.40. The quantitative estimate of drug-likeness (QED) is 0.862. The zero-order valence-corrected chi connectivity index (χ0v) is 13.7. The Morgan fingerprint density at radius 1 is 1.43 bits per heavy atom. The van der Waals surface area contributed by atoms with Crippen molar-refractivity contribution >= 4 is 17.2 Å². The Morgan fingerprint density at radius 3 is 3.04 bits per heavy atom. The van der Waals surface area contributed by atoms with E-state index >= 15 is 0 Å². The van der Waals surface area contributed by atoms with Gasteiger partial charge < -0.3 is 9.64 Å². The summed E-state index contributed by atoms with van der Waals surface area (Å²) in [5.41, 5.74) is 0.472. The maximum Gasteiger partial charge on any atom is 0.248 e. The number of hydrogen-bond donors (Lipinski definition) is 0. The fourth-order valence-corrected chi connectivity index (χ4v) is 3.76. The maximum absolute atomic E-state index is 13.9. The minimum Gasteiger partial charge on any atom is -0.375 e. The van der Waals surface area contributed by atoms with Crippen LogP contribution in [0.25, 0.3) is 10.6 Å². The van der Waals surface area contributed by atoms with Gasteiger partial charge in [-0.1, -0.05) is 23.5 Å². The van der Waals surface area contributed by atoms with E-state index in [4.69, 9.17) is 4.74 Å². The fraction of sp³-hybridized carbons (Fsp3) is 0.438. The number of piperidine rings is 1. The zero-order valence-electron chi connectivity index (χ0n) is 12.9. The highest BCUT2D eigenvalue weighted by atomic mass is 32.1. The van der Waals surface area contributed by atoms with Gasteiger partial charge >= 0.3 is 0 Å². The molecule has 1 aliphatic heterocycles. The van der Waals surface area contributed by atoms with Gasteiger partial charge in [-0.3, -0.25) is 4.79 Å². The molecule has 5 nitrogen and oxygen atoms in total. The predicted octanol–water partition coefficient (Wildman–Crippen LogP) is 2.70. The molecule has 1 unspecified atom stereocenters. The van der Waals surface area contributed by atoms with Crippen molar-refractivity contribution in [2.24, 2.45) is 0 Å². The summed E-state index contributed by atoms with van der Waals surface area (Å²) in [6.07, 6.45) is 1.89. The number of amides is 1. The second-order valence-electron chi connectivity index (χ2n) is 5.54. The van der Waals surface area contributed by atoms with Crippen LogP contribution in [0.2, 0.25) is 0 Å². The van der Waals surface area contributed by atoms with E-state index in [1.165, 1.54) is 24.5 Å². The Bertz CT molecular complexity index is 691. The molecular weight excluding hydrogens is 317 g/mol. The lowest BCUT2D eigenvalue weighted by Crippen LogP contribution is -2.40. The Morgan fingerprint density at radius 2 is 2.26 bits per heavy atom. The number of ether oxygens (including phenoxy) is 1. The first-order valence-corrected chi connectivity index (χ1v) is 8.35. The van der Waals surface area contributed by atoms with Gasteiger partial charge in [-0.2, -0.15) is 0 Å². The van der Waals surface area contributed by atoms with Gasteiger partial charge in [0.2, 0.25) is 5.91 Å². The molecule has 3 rings (SSSR count). The number of halogens is 1. The van der Waals surface area contributed by atoms with Gasteiger partial charge in [0.25, 0.3) is 0 Å². The number of rotatable bonds is 4. The lowest BCUT2D eigenvalue weighted by atomic mass is 9.99. The molecule has 122 valence electrons. The van der Waals surface area contributed by atoms with E-state index in [1.807, 2.05) is 4.90 Å². The molecule has 2 aromatic rings. The van der Waals surface area contributed by atoms with Crippen LogP contribution < -0.4 is 0 Å². The number of carbonyl (C=O) groups excluding carboxylic acids is 1. The van der Waals surface area contributed by atoms with Crippen molar-refractivity contribution in [1.29, 1.82) is 0 Å². The Hall–Kier alpha value is -1.86. The van der Waals surface area contributed by atoms with Gasteiger partial charge in [-0.25, -0.2) is 4.39 Å². The number of likely N-dealkylation sites (tertiary alicyclic amines) is 1. The summed E-state index contributed by atoms with van der Waals surface area (Å²) in [4.78, 5) is 13.8. The molecule has 1 atom stereocenters. The number of hydrogen-bond acceptors (Lipinski definition) is 5. The molecule has 0 radical (unpaired) electrons. The van der Waals surface area contributed by atoms with Crippen molar-refractivity contribution in [2.75, 3.05) is 26.8 Å². The second kappa shape index (κ2) is 7.14. The van der Waals surface area contributed by atoms with E-state index < -0.39 is 0 Å². The van der Waals surface area contributed by atoms with Crippen LogP contribution in [0.4, 0.5) is 4.39 Å². The second-order valence-corrected chi connectivity index (χ2v) is 6.55. The number of carbonyl (C=O) groups is 1. The fourth-order valence-electron chi connectivity index (χ4n) is 2.76. The molecule has 0 saturated carbocycles. The van der Waals surface area contributed by atoms with Crippen LogP contribution in [0.5, 0.6) is 0 Å². The van der Waals surface area contributed by atoms with E-state index in [0.29, 0.717) is 17.1 Å². The van der Waals surface area contributed by atoms with Crippen molar-refractivity contribution in [2.45, 2.75) is 18.8 Å². The third kappa shape index (κ3) is 3.56. The average Bonchev–Trinajstić information content (AvgIpc) is 3.05. The van der Waals surface area contributed by atoms with Crippen LogP contribution in [-0.2, 0) is 9.53 Å². The first-order chi connectivity index (χ1) is 11.2. The molecule has 1 amide bonds. The van der Waals surface area contributed by atoms with Gasteiger partial charge in [-0.05, 0) is 25.0 Å². The molecule has 23 heavy (non-hydrogen) atoms. The first kappa shape index (κ1) is 16.0. The topological polar surface area (TPSA) is 55.3 Å². The summed E-state index contributed by atoms with van der Waals surface area (Å²) < 4.78 is 18.8. The summed E-state index contributed by atoms with van der Waals surface area (Å²) in [7, 11) is 1.52. The maximum atomic E-state index is 13.9. The molecule has 1 fully saturated rings. The molecule has 0 N–H and O–H groups in total. The summed E-state index contributed by atoms with van der Waals surface area (Å²) in [5, 5.41) is 9.80. The molecule has 0 bridgehead atoms. The Balaban J connectivity index is 1.75. The van der Waals surface area contributed by atoms with Crippen LogP contribution in [0.3, 0.4) is 0 Å². The number of methoxy groups -OCH3 is 1. The smallest absolute Gasteiger partial charge is 0.248 e. The monoisotopic (exact) mass is 335 g/mol. The number of benzene rings is 1. The highest BCUT2D eigenvalue weighted by Crippen LogP contribution is 2.33. The minimum atomic E-state index is -0.296. The van der Waals surface area contributed by atoms with Crippen LogP contribution in [0.1, 0.15) is 23.8 Å². The van der Waals surface area contributed by atoms with Gasteiger partial charge in [-0.15, -0.1) is 10.2 Å². The molecule has 1 aromatic heterocycles. The number of nitrogens with zero attached hydrogens (tertiary/aromatic N) is 3. The molecule has 1 aromatic carbocycles. The summed E-state index contributed by atoms with van der Waals surface area (Å²) in [5.74, 6) is -0.144. The molecule has 2 heterocycles. The highest BCUT2D eigenvalue weighted by molar-refractivity contribution is 7.14. The third-order valence-electron chi connectivity index (χ3n) is 3.94. The summed E-state index contributed by atoms with van der Waals surface area (Å²) in [6.45, 7) is 1.47. The normalized spacial score (nSPS) is 18.2. The lowest BCUT2D eigenvalue weighted by Gasteiger charge is -2.31. The van der Waals surface area contributed by atoms with Crippen LogP contribution >= 0.6 is 11.3 Å².